The topological polar surface area (TPSA) is 247 Å². The van der Waals surface area contributed by atoms with Crippen LogP contribution >= 0.6 is 0 Å². The number of carbonyl (C=O) groups is 3. The number of hydrogen-bond donors (Lipinski definition) is 8. The second kappa shape index (κ2) is 14.3. The number of aromatic amines is 1. The fourth-order valence-electron chi connectivity index (χ4n) is 5.53. The smallest absolute Gasteiger partial charge is 0.364 e. The molecule has 2 amide bonds. The molecular weight excluding hydrogens is 614 g/mol. The molecular formula is C31H37N7O9. The molecule has 0 bridgehead atoms. The Labute approximate surface area is 268 Å². The first-order valence-corrected chi connectivity index (χ1v) is 14.9. The molecule has 6 atom stereocenters. The molecule has 3 heterocycles. The number of amides is 2. The first kappa shape index (κ1) is 33.5. The maximum Gasteiger partial charge on any atom is 0.364 e. The molecule has 1 unspecified atom stereocenters. The number of aliphatic hydroxyl groups is 3. The van der Waals surface area contributed by atoms with Crippen LogP contribution in [-0.2, 0) is 32.0 Å². The van der Waals surface area contributed by atoms with Crippen molar-refractivity contribution in [2.75, 3.05) is 18.9 Å². The highest BCUT2D eigenvalue weighted by Crippen LogP contribution is 2.34. The van der Waals surface area contributed by atoms with Crippen LogP contribution in [0.2, 0.25) is 0 Å². The van der Waals surface area contributed by atoms with Gasteiger partial charge in [-0.25, -0.2) is 9.48 Å². The third kappa shape index (κ3) is 7.75. The summed E-state index contributed by atoms with van der Waals surface area (Å²) in [6.07, 6.45) is -3.69. The molecule has 0 aliphatic carbocycles. The molecule has 16 heteroatoms. The maximum absolute atomic E-state index is 12.5. The van der Waals surface area contributed by atoms with Crippen LogP contribution in [-0.4, -0.2) is 108 Å². The summed E-state index contributed by atoms with van der Waals surface area (Å²) in [5.41, 5.74) is 9.22. The summed E-state index contributed by atoms with van der Waals surface area (Å²) in [5, 5.41) is 57.1. The Morgan fingerprint density at radius 2 is 1.98 bits per heavy atom. The maximum atomic E-state index is 12.5. The Morgan fingerprint density at radius 3 is 2.70 bits per heavy atom. The largest absolute Gasteiger partial charge is 0.477 e. The number of benzene rings is 2. The number of aromatic nitrogens is 4. The molecule has 1 saturated heterocycles. The van der Waals surface area contributed by atoms with E-state index in [2.05, 4.69) is 25.9 Å². The molecule has 250 valence electrons. The molecule has 47 heavy (non-hydrogen) atoms. The summed E-state index contributed by atoms with van der Waals surface area (Å²) >= 11 is 0. The Hall–Kier alpha value is -4.87. The van der Waals surface area contributed by atoms with Crippen molar-refractivity contribution >= 4 is 34.4 Å². The summed E-state index contributed by atoms with van der Waals surface area (Å²) in [7, 11) is 0. The van der Waals surface area contributed by atoms with Crippen molar-refractivity contribution < 1.29 is 44.3 Å². The number of hydrogen-bond acceptors (Lipinski definition) is 11. The number of carboxylic acid groups (broad SMARTS) is 1. The average Bonchev–Trinajstić information content (AvgIpc) is 3.67. The first-order chi connectivity index (χ1) is 22.5. The van der Waals surface area contributed by atoms with Gasteiger partial charge in [0.1, 0.15) is 12.2 Å². The molecule has 1 fully saturated rings. The average molecular weight is 652 g/mol. The van der Waals surface area contributed by atoms with E-state index in [0.29, 0.717) is 23.5 Å². The Balaban J connectivity index is 1.25. The van der Waals surface area contributed by atoms with Crippen LogP contribution < -0.4 is 16.4 Å². The summed E-state index contributed by atoms with van der Waals surface area (Å²) in [5.74, 6) is -5.16. The van der Waals surface area contributed by atoms with Crippen LogP contribution in [0.3, 0.4) is 0 Å². The highest BCUT2D eigenvalue weighted by atomic mass is 16.7. The summed E-state index contributed by atoms with van der Waals surface area (Å²) in [6, 6.07) is 12.4. The lowest BCUT2D eigenvalue weighted by Gasteiger charge is -2.46. The third-order valence-electron chi connectivity index (χ3n) is 7.91. The van der Waals surface area contributed by atoms with Gasteiger partial charge in [-0.2, -0.15) is 0 Å². The van der Waals surface area contributed by atoms with E-state index in [1.807, 2.05) is 18.3 Å². The van der Waals surface area contributed by atoms with E-state index < -0.39 is 67.0 Å². The van der Waals surface area contributed by atoms with E-state index >= 15 is 0 Å². The molecule has 0 spiro atoms. The van der Waals surface area contributed by atoms with Crippen molar-refractivity contribution in [3.05, 3.63) is 77.7 Å². The van der Waals surface area contributed by atoms with Gasteiger partial charge in [0.05, 0.1) is 37.1 Å². The van der Waals surface area contributed by atoms with Gasteiger partial charge < -0.3 is 51.3 Å². The van der Waals surface area contributed by atoms with Gasteiger partial charge in [-0.15, -0.1) is 5.10 Å². The molecule has 1 aliphatic rings. The quantitative estimate of drug-likeness (QED) is 0.0856. The third-order valence-corrected chi connectivity index (χ3v) is 7.91. The minimum absolute atomic E-state index is 0.117. The number of anilines is 1. The van der Waals surface area contributed by atoms with Gasteiger partial charge in [0, 0.05) is 60.9 Å². The van der Waals surface area contributed by atoms with Gasteiger partial charge in [0.15, 0.2) is 0 Å². The number of aliphatic hydroxyl groups excluding tert-OH is 3. The minimum atomic E-state index is -2.45. The Bertz CT molecular complexity index is 1710. The van der Waals surface area contributed by atoms with Gasteiger partial charge in [-0.1, -0.05) is 23.4 Å². The van der Waals surface area contributed by atoms with Crippen LogP contribution in [0.15, 0.2) is 60.9 Å². The number of H-pyrrole nitrogens is 1. The normalized spacial score (nSPS) is 22.4. The molecule has 1 aliphatic heterocycles. The number of ether oxygens (including phenoxy) is 2. The molecule has 9 N–H and O–H groups in total. The number of nitrogens with two attached hydrogens (primary N) is 1. The van der Waals surface area contributed by atoms with Crippen LogP contribution in [0.1, 0.15) is 35.0 Å². The Morgan fingerprint density at radius 1 is 1.21 bits per heavy atom. The first-order valence-electron chi connectivity index (χ1n) is 14.9. The zero-order valence-corrected chi connectivity index (χ0v) is 25.4. The van der Waals surface area contributed by atoms with Gasteiger partial charge >= 0.3 is 5.97 Å². The van der Waals surface area contributed by atoms with Crippen molar-refractivity contribution in [2.24, 2.45) is 0 Å². The van der Waals surface area contributed by atoms with E-state index in [9.17, 15) is 34.8 Å². The number of nitrogens with one attached hydrogen (secondary N) is 3. The Kier molecular flexibility index (Phi) is 10.2. The van der Waals surface area contributed by atoms with Crippen molar-refractivity contribution in [1.29, 1.82) is 0 Å². The zero-order chi connectivity index (χ0) is 33.7. The van der Waals surface area contributed by atoms with Gasteiger partial charge in [0.2, 0.25) is 5.91 Å². The SMILES string of the molecule is CC(=O)N[C@H]1C([C@H](O)[C@H](O)CNC(=O)c2ccccc2)O[C@@](OCCc2cn(Cc3c[nH]c4ccc(N)cc34)nn2)(C(=O)O)C[C@@H]1O. The van der Waals surface area contributed by atoms with Crippen molar-refractivity contribution in [3.8, 4) is 0 Å². The van der Waals surface area contributed by atoms with E-state index in [4.69, 9.17) is 15.2 Å². The van der Waals surface area contributed by atoms with Crippen molar-refractivity contribution in [3.63, 3.8) is 0 Å². The predicted octanol–water partition coefficient (Wildman–Crippen LogP) is -0.464. The minimum Gasteiger partial charge on any atom is -0.477 e. The molecule has 2 aromatic heterocycles. The van der Waals surface area contributed by atoms with Crippen LogP contribution in [0.25, 0.3) is 10.9 Å². The monoisotopic (exact) mass is 651 g/mol. The molecule has 16 nitrogen and oxygen atoms in total. The summed E-state index contributed by atoms with van der Waals surface area (Å²) < 4.78 is 13.1. The standard InChI is InChI=1S/C31H37N7O9/c1-17(39)35-26-24(40)12-31(30(44)45,47-28(26)27(42)25(41)14-34-29(43)18-5-3-2-4-6-18)46-10-9-21-16-38(37-36-21)15-19-13-33-23-8-7-20(32)11-22(19)23/h2-8,11,13,16,24-28,33,40-42H,9-10,12,14-15,32H2,1H3,(H,34,43)(H,35,39)(H,44,45)/t24-,25+,26+,27+,28?,31+/m0/s1. The number of aliphatic carboxylic acids is 1. The van der Waals surface area contributed by atoms with Gasteiger partial charge in [-0.3, -0.25) is 9.59 Å². The predicted molar refractivity (Wildman–Crippen MR) is 166 cm³/mol. The number of carboxylic acids is 1. The number of nitrogens with zero attached hydrogens (tertiary/aromatic N) is 3. The molecule has 0 radical (unpaired) electrons. The second-order valence-corrected chi connectivity index (χ2v) is 11.4. The second-order valence-electron chi connectivity index (χ2n) is 11.4. The number of rotatable bonds is 13. The molecule has 5 rings (SSSR count). The summed E-state index contributed by atoms with van der Waals surface area (Å²) in [4.78, 5) is 40.1. The number of carbonyl (C=O) groups excluding carboxylic acids is 2. The lowest BCUT2D eigenvalue weighted by Crippen LogP contribution is -2.68. The van der Waals surface area contributed by atoms with Crippen molar-refractivity contribution in [2.45, 2.75) is 62.6 Å². The lowest BCUT2D eigenvalue weighted by molar-refractivity contribution is -0.310. The highest BCUT2D eigenvalue weighted by molar-refractivity contribution is 5.94. The lowest BCUT2D eigenvalue weighted by atomic mass is 9.88. The van der Waals surface area contributed by atoms with E-state index in [1.165, 1.54) is 6.92 Å². The van der Waals surface area contributed by atoms with Crippen LogP contribution in [0.5, 0.6) is 0 Å². The van der Waals surface area contributed by atoms with Crippen molar-refractivity contribution in [1.82, 2.24) is 30.6 Å². The summed E-state index contributed by atoms with van der Waals surface area (Å²) in [6.45, 7) is 0.887. The van der Waals surface area contributed by atoms with E-state index in [0.717, 1.165) is 16.5 Å². The molecule has 0 saturated carbocycles. The number of nitrogen functional groups attached to an aromatic ring is 1. The van der Waals surface area contributed by atoms with E-state index in [1.54, 1.807) is 47.3 Å². The highest BCUT2D eigenvalue weighted by Gasteiger charge is 2.55. The van der Waals surface area contributed by atoms with Crippen LogP contribution in [0, 0.1) is 0 Å². The van der Waals surface area contributed by atoms with Gasteiger partial charge in [0.25, 0.3) is 11.7 Å². The fourth-order valence-corrected chi connectivity index (χ4v) is 5.53. The number of fused-ring (bicyclic) bond motifs is 1. The zero-order valence-electron chi connectivity index (χ0n) is 25.4. The van der Waals surface area contributed by atoms with Gasteiger partial charge in [-0.05, 0) is 35.9 Å². The molecule has 2 aromatic carbocycles. The molecule has 4 aromatic rings. The fraction of sp³-hybridized carbons (Fsp3) is 0.387. The van der Waals surface area contributed by atoms with E-state index in [-0.39, 0.29) is 13.0 Å². The van der Waals surface area contributed by atoms with Crippen LogP contribution in [0.4, 0.5) is 5.69 Å².